The summed E-state index contributed by atoms with van der Waals surface area (Å²) in [5.74, 6) is 1.49. The SMILES string of the molecule is CCCCCC(CCCCC)Cc1cc(OC(F)F)ccc1C(CCCCC)CCCCC. The summed E-state index contributed by atoms with van der Waals surface area (Å²) in [5.41, 5.74) is 2.67. The highest BCUT2D eigenvalue weighted by molar-refractivity contribution is 5.38. The highest BCUT2D eigenvalue weighted by atomic mass is 19.3. The molecule has 0 unspecified atom stereocenters. The molecule has 0 heterocycles. The van der Waals surface area contributed by atoms with E-state index in [9.17, 15) is 8.78 Å². The first-order valence-electron chi connectivity index (χ1n) is 14.1. The Kier molecular flexibility index (Phi) is 17.4. The molecule has 0 aliphatic heterocycles. The minimum atomic E-state index is -2.77. The normalized spacial score (nSPS) is 11.8. The lowest BCUT2D eigenvalue weighted by Crippen LogP contribution is -2.11. The van der Waals surface area contributed by atoms with Gasteiger partial charge in [-0.3, -0.25) is 0 Å². The van der Waals surface area contributed by atoms with Crippen LogP contribution in [0.1, 0.15) is 147 Å². The molecule has 0 amide bonds. The van der Waals surface area contributed by atoms with Gasteiger partial charge < -0.3 is 4.74 Å². The topological polar surface area (TPSA) is 9.23 Å². The quantitative estimate of drug-likeness (QED) is 0.164. The first-order valence-corrected chi connectivity index (χ1v) is 14.1. The van der Waals surface area contributed by atoms with Crippen molar-refractivity contribution in [2.75, 3.05) is 0 Å². The number of unbranched alkanes of at least 4 members (excludes halogenated alkanes) is 8. The average molecular weight is 467 g/mol. The Hall–Kier alpha value is -1.12. The maximum atomic E-state index is 13.0. The van der Waals surface area contributed by atoms with Crippen LogP contribution in [0.3, 0.4) is 0 Å². The van der Waals surface area contributed by atoms with E-state index in [2.05, 4.69) is 33.8 Å². The highest BCUT2D eigenvalue weighted by Crippen LogP contribution is 2.35. The minimum absolute atomic E-state index is 0.325. The smallest absolute Gasteiger partial charge is 0.387 e. The lowest BCUT2D eigenvalue weighted by Gasteiger charge is -2.25. The van der Waals surface area contributed by atoms with Crippen molar-refractivity contribution in [3.05, 3.63) is 29.3 Å². The number of hydrogen-bond acceptors (Lipinski definition) is 1. The van der Waals surface area contributed by atoms with Gasteiger partial charge in [-0.2, -0.15) is 8.78 Å². The molecule has 33 heavy (non-hydrogen) atoms. The summed E-state index contributed by atoms with van der Waals surface area (Å²) < 4.78 is 30.8. The molecular weight excluding hydrogens is 414 g/mol. The fourth-order valence-corrected chi connectivity index (χ4v) is 5.10. The molecule has 0 aliphatic rings. The van der Waals surface area contributed by atoms with Crippen LogP contribution in [0.15, 0.2) is 18.2 Å². The van der Waals surface area contributed by atoms with Gasteiger partial charge in [-0.1, -0.05) is 124 Å². The second-order valence-electron chi connectivity index (χ2n) is 9.99. The van der Waals surface area contributed by atoms with E-state index in [4.69, 9.17) is 4.74 Å². The second kappa shape index (κ2) is 19.2. The molecule has 0 radical (unpaired) electrons. The van der Waals surface area contributed by atoms with Crippen molar-refractivity contribution in [1.29, 1.82) is 0 Å². The summed E-state index contributed by atoms with van der Waals surface area (Å²) in [4.78, 5) is 0. The Balaban J connectivity index is 3.15. The van der Waals surface area contributed by atoms with Gasteiger partial charge in [-0.15, -0.1) is 0 Å². The van der Waals surface area contributed by atoms with E-state index in [0.717, 1.165) is 6.42 Å². The van der Waals surface area contributed by atoms with Crippen molar-refractivity contribution >= 4 is 0 Å². The molecule has 1 rings (SSSR count). The van der Waals surface area contributed by atoms with Gasteiger partial charge >= 0.3 is 6.61 Å². The molecule has 0 aliphatic carbocycles. The summed E-state index contributed by atoms with van der Waals surface area (Å²) in [6.45, 7) is 6.26. The monoisotopic (exact) mass is 466 g/mol. The van der Waals surface area contributed by atoms with E-state index in [1.165, 1.54) is 114 Å². The number of hydrogen-bond donors (Lipinski definition) is 0. The van der Waals surface area contributed by atoms with Gasteiger partial charge in [0.2, 0.25) is 0 Å². The molecule has 0 spiro atoms. The summed E-state index contributed by atoms with van der Waals surface area (Å²) >= 11 is 0. The Morgan fingerprint density at radius 1 is 0.667 bits per heavy atom. The van der Waals surface area contributed by atoms with Crippen LogP contribution in [0.4, 0.5) is 8.78 Å². The van der Waals surface area contributed by atoms with Crippen LogP contribution in [0.5, 0.6) is 5.75 Å². The summed E-state index contributed by atoms with van der Waals surface area (Å²) in [6, 6.07) is 5.84. The third-order valence-electron chi connectivity index (χ3n) is 7.03. The van der Waals surface area contributed by atoms with Crippen LogP contribution in [0.2, 0.25) is 0 Å². The van der Waals surface area contributed by atoms with Crippen LogP contribution < -0.4 is 4.74 Å². The van der Waals surface area contributed by atoms with Gasteiger partial charge in [0.25, 0.3) is 0 Å². The number of alkyl halides is 2. The van der Waals surface area contributed by atoms with Crippen molar-refractivity contribution in [2.24, 2.45) is 5.92 Å². The molecule has 0 bridgehead atoms. The molecule has 0 saturated heterocycles. The van der Waals surface area contributed by atoms with Crippen molar-refractivity contribution in [3.8, 4) is 5.75 Å². The molecule has 0 atom stereocenters. The Labute approximate surface area is 204 Å². The van der Waals surface area contributed by atoms with E-state index < -0.39 is 6.61 Å². The second-order valence-corrected chi connectivity index (χ2v) is 9.99. The molecule has 0 N–H and O–H groups in total. The van der Waals surface area contributed by atoms with Gasteiger partial charge in [0.15, 0.2) is 0 Å². The van der Waals surface area contributed by atoms with Crippen LogP contribution in [-0.4, -0.2) is 6.61 Å². The zero-order valence-electron chi connectivity index (χ0n) is 22.1. The highest BCUT2D eigenvalue weighted by Gasteiger charge is 2.20. The van der Waals surface area contributed by atoms with Gasteiger partial charge in [0.05, 0.1) is 0 Å². The van der Waals surface area contributed by atoms with Crippen molar-refractivity contribution in [1.82, 2.24) is 0 Å². The number of benzene rings is 1. The number of ether oxygens (including phenoxy) is 1. The van der Waals surface area contributed by atoms with Gasteiger partial charge in [0.1, 0.15) is 5.75 Å². The Morgan fingerprint density at radius 2 is 1.15 bits per heavy atom. The largest absolute Gasteiger partial charge is 0.435 e. The third kappa shape index (κ3) is 13.4. The molecule has 0 aromatic heterocycles. The molecule has 0 fully saturated rings. The van der Waals surface area contributed by atoms with Crippen LogP contribution in [0, 0.1) is 5.92 Å². The fourth-order valence-electron chi connectivity index (χ4n) is 5.10. The maximum Gasteiger partial charge on any atom is 0.387 e. The molecule has 3 heteroatoms. The van der Waals surface area contributed by atoms with Gasteiger partial charge in [-0.25, -0.2) is 0 Å². The van der Waals surface area contributed by atoms with E-state index in [1.807, 2.05) is 6.07 Å². The Bertz CT molecular complexity index is 567. The number of rotatable bonds is 21. The van der Waals surface area contributed by atoms with Crippen LogP contribution in [0.25, 0.3) is 0 Å². The van der Waals surface area contributed by atoms with Crippen LogP contribution in [-0.2, 0) is 6.42 Å². The molecule has 0 saturated carbocycles. The van der Waals surface area contributed by atoms with Crippen molar-refractivity contribution < 1.29 is 13.5 Å². The fraction of sp³-hybridized carbons (Fsp3) is 0.800. The maximum absolute atomic E-state index is 13.0. The molecule has 1 aromatic carbocycles. The summed E-state index contributed by atoms with van der Waals surface area (Å²) in [6.07, 6.45) is 21.0. The Morgan fingerprint density at radius 3 is 1.61 bits per heavy atom. The van der Waals surface area contributed by atoms with Crippen molar-refractivity contribution in [3.63, 3.8) is 0 Å². The number of halogens is 2. The van der Waals surface area contributed by atoms with Crippen molar-refractivity contribution in [2.45, 2.75) is 149 Å². The average Bonchev–Trinajstić information content (AvgIpc) is 2.78. The van der Waals surface area contributed by atoms with Gasteiger partial charge in [0, 0.05) is 0 Å². The standard InChI is InChI=1S/C30H52F2O/c1-5-9-13-17-25(18-14-10-6-2)23-27-24-28(33-30(31)32)21-22-29(27)26(19-15-11-7-3)20-16-12-8-4/h21-22,24-26,30H,5-20,23H2,1-4H3. The van der Waals surface area contributed by atoms with E-state index >= 15 is 0 Å². The van der Waals surface area contributed by atoms with Gasteiger partial charge in [-0.05, 0) is 54.4 Å². The predicted octanol–water partition coefficient (Wildman–Crippen LogP) is 10.9. The third-order valence-corrected chi connectivity index (χ3v) is 7.03. The first kappa shape index (κ1) is 29.9. The lowest BCUT2D eigenvalue weighted by molar-refractivity contribution is -0.0499. The minimum Gasteiger partial charge on any atom is -0.435 e. The van der Waals surface area contributed by atoms with E-state index in [0.29, 0.717) is 17.6 Å². The van der Waals surface area contributed by atoms with E-state index in [-0.39, 0.29) is 0 Å². The lowest BCUT2D eigenvalue weighted by atomic mass is 9.81. The zero-order chi connectivity index (χ0) is 24.3. The molecular formula is C30H52F2O. The summed E-state index contributed by atoms with van der Waals surface area (Å²) in [5, 5.41) is 0. The zero-order valence-corrected chi connectivity index (χ0v) is 22.1. The molecule has 192 valence electrons. The first-order chi connectivity index (χ1) is 16.0. The van der Waals surface area contributed by atoms with Crippen LogP contribution >= 0.6 is 0 Å². The summed E-state index contributed by atoms with van der Waals surface area (Å²) in [7, 11) is 0. The van der Waals surface area contributed by atoms with E-state index in [1.54, 1.807) is 6.07 Å². The molecule has 1 aromatic rings. The predicted molar refractivity (Wildman–Crippen MR) is 140 cm³/mol. The molecule has 1 nitrogen and oxygen atoms in total.